The topological polar surface area (TPSA) is 237 Å². The Hall–Kier alpha value is 2.51. The third-order valence-electron chi connectivity index (χ3n) is 3.47. The first kappa shape index (κ1) is 29.5. The van der Waals surface area contributed by atoms with E-state index >= 15 is 0 Å². The standard InChI is InChI=1S/2C4H4O6.2K.3H2O.2Sb.4H/c2*5-1(3(7)8)2(6)4(9)10;;;;;;;;;;;/h2*1-2H,(H,7,8)(H,9,10);;;3*1H2;;;;;;/q2*-2;;;;;;2*+4;;;;/p-4. The van der Waals surface area contributed by atoms with Gasteiger partial charge in [0.1, 0.15) is 0 Å². The summed E-state index contributed by atoms with van der Waals surface area (Å²) in [6.45, 7) is 0. The molecule has 2 spiro atoms. The molecule has 5 saturated heterocycles. The molecule has 5 rings (SSSR count). The van der Waals surface area contributed by atoms with Gasteiger partial charge in [-0.3, -0.25) is 0 Å². The van der Waals surface area contributed by atoms with Crippen LogP contribution in [0, 0.1) is 0 Å². The van der Waals surface area contributed by atoms with E-state index in [1.165, 1.54) is 0 Å². The molecule has 148 valence electrons. The van der Waals surface area contributed by atoms with Crippen LogP contribution in [0.1, 0.15) is 0 Å². The van der Waals surface area contributed by atoms with Gasteiger partial charge in [-0.05, 0) is 0 Å². The van der Waals surface area contributed by atoms with Gasteiger partial charge in [0.2, 0.25) is 0 Å². The number of carbonyl (C=O) groups excluding carboxylic acids is 4. The van der Waals surface area contributed by atoms with Crippen LogP contribution in [0.2, 0.25) is 0 Å². The fourth-order valence-electron chi connectivity index (χ4n) is 2.57. The van der Waals surface area contributed by atoms with Gasteiger partial charge in [-0.2, -0.15) is 0 Å². The van der Waals surface area contributed by atoms with E-state index in [1.807, 2.05) is 0 Å². The van der Waals surface area contributed by atoms with E-state index in [1.54, 1.807) is 0 Å². The average molecular weight is 672 g/mol. The minimum atomic E-state index is -4.99. The summed E-state index contributed by atoms with van der Waals surface area (Å²) in [7, 11) is 0. The zero-order chi connectivity index (χ0) is 15.3. The molecule has 0 aliphatic carbocycles. The van der Waals surface area contributed by atoms with Gasteiger partial charge >= 0.3 is 235 Å². The summed E-state index contributed by atoms with van der Waals surface area (Å²) in [6, 6.07) is 0. The Labute approximate surface area is 246 Å². The van der Waals surface area contributed by atoms with E-state index in [9.17, 15) is 19.2 Å². The second-order valence-electron chi connectivity index (χ2n) is 4.84. The predicted molar refractivity (Wildman–Crippen MR) is 83.3 cm³/mol. The molecule has 5 fully saturated rings. The van der Waals surface area contributed by atoms with Crippen LogP contribution in [-0.4, -0.2) is 208 Å². The summed E-state index contributed by atoms with van der Waals surface area (Å²) < 4.78 is 41.1. The molecule has 6 N–H and O–H groups in total. The summed E-state index contributed by atoms with van der Waals surface area (Å²) in [5.74, 6) is -3.84. The van der Waals surface area contributed by atoms with Crippen LogP contribution >= 0.6 is 0 Å². The van der Waals surface area contributed by atoms with Crippen LogP contribution in [-0.2, 0) is 43.3 Å². The van der Waals surface area contributed by atoms with Gasteiger partial charge in [-0.1, -0.05) is 0 Å². The van der Waals surface area contributed by atoms with Gasteiger partial charge in [-0.25, -0.2) is 0 Å². The molecule has 5 aliphatic rings. The number of fused-ring (bicyclic) bond motifs is 6. The van der Waals surface area contributed by atoms with E-state index in [0.29, 0.717) is 0 Å². The Bertz CT molecular complexity index is 560. The van der Waals surface area contributed by atoms with Crippen LogP contribution < -0.4 is 0 Å². The van der Waals surface area contributed by atoms with Crippen molar-refractivity contribution in [2.45, 2.75) is 24.4 Å². The van der Waals surface area contributed by atoms with Crippen LogP contribution in [0.25, 0.3) is 0 Å². The Morgan fingerprint density at radius 3 is 0.852 bits per heavy atom. The van der Waals surface area contributed by atoms with Crippen molar-refractivity contribution < 1.29 is 59.7 Å². The Kier molecular flexibility index (Phi) is 10.9. The van der Waals surface area contributed by atoms with Gasteiger partial charge in [0.15, 0.2) is 0 Å². The van der Waals surface area contributed by atoms with Crippen LogP contribution in [0.5, 0.6) is 0 Å². The molecule has 5 heterocycles. The molecule has 19 heteroatoms. The third kappa shape index (κ3) is 4.53. The summed E-state index contributed by atoms with van der Waals surface area (Å²) in [5, 5.41) is 0. The summed E-state index contributed by atoms with van der Waals surface area (Å²) in [4.78, 5) is 47.6. The predicted octanol–water partition coefficient (Wildman–Crippen LogP) is -7.67. The van der Waals surface area contributed by atoms with Crippen molar-refractivity contribution in [3.63, 3.8) is 0 Å². The molecule has 0 aromatic rings. The van der Waals surface area contributed by atoms with Crippen LogP contribution in [0.15, 0.2) is 0 Å². The quantitative estimate of drug-likeness (QED) is 0.218. The molecule has 15 nitrogen and oxygen atoms in total. The van der Waals surface area contributed by atoms with E-state index in [-0.39, 0.29) is 119 Å². The summed E-state index contributed by atoms with van der Waals surface area (Å²) in [6.07, 6.45) is -6.04. The number of carbonyl (C=O) groups is 4. The summed E-state index contributed by atoms with van der Waals surface area (Å²) in [5.41, 5.74) is 0. The Morgan fingerprint density at radius 1 is 0.481 bits per heavy atom. The third-order valence-corrected chi connectivity index (χ3v) is 14.8. The first-order valence-corrected chi connectivity index (χ1v) is 15.4. The minimum absolute atomic E-state index is 0. The average Bonchev–Trinajstić information content (AvgIpc) is 3.09. The Morgan fingerprint density at radius 2 is 0.667 bits per heavy atom. The fraction of sp³-hybridized carbons (Fsp3) is 0.500. The molecule has 6 bridgehead atoms. The van der Waals surface area contributed by atoms with Crippen molar-refractivity contribution in [1.82, 2.24) is 0 Å². The van der Waals surface area contributed by atoms with Crippen molar-refractivity contribution >= 4 is 168 Å². The normalized spacial score (nSPS) is 37.0. The van der Waals surface area contributed by atoms with Crippen molar-refractivity contribution in [1.29, 1.82) is 0 Å². The van der Waals surface area contributed by atoms with Crippen LogP contribution in [0.3, 0.4) is 0 Å². The van der Waals surface area contributed by atoms with Crippen molar-refractivity contribution in [3.05, 3.63) is 0 Å². The molecular formula is C8H14K2O15Sb2. The van der Waals surface area contributed by atoms with E-state index < -0.39 is 89.3 Å². The second kappa shape index (κ2) is 9.97. The van der Waals surface area contributed by atoms with Crippen molar-refractivity contribution in [3.8, 4) is 0 Å². The molecule has 27 heavy (non-hydrogen) atoms. The first-order valence-electron chi connectivity index (χ1n) is 6.03. The molecule has 0 aromatic heterocycles. The molecule has 0 radical (unpaired) electrons. The Balaban J connectivity index is 0.00000135. The molecular weight excluding hydrogens is 658 g/mol. The van der Waals surface area contributed by atoms with Gasteiger partial charge in [-0.15, -0.1) is 0 Å². The van der Waals surface area contributed by atoms with Crippen molar-refractivity contribution in [2.75, 3.05) is 0 Å². The molecule has 4 atom stereocenters. The van der Waals surface area contributed by atoms with Gasteiger partial charge in [0, 0.05) is 0 Å². The fourth-order valence-corrected chi connectivity index (χ4v) is 14.4. The maximum absolute atomic E-state index is 11.9. The number of rotatable bonds is 0. The molecule has 0 amide bonds. The van der Waals surface area contributed by atoms with Crippen LogP contribution in [0.4, 0.5) is 0 Å². The van der Waals surface area contributed by atoms with Crippen molar-refractivity contribution in [2.24, 2.45) is 0 Å². The van der Waals surface area contributed by atoms with Gasteiger partial charge in [0.25, 0.3) is 0 Å². The second-order valence-corrected chi connectivity index (χ2v) is 15.6. The molecule has 0 aromatic carbocycles. The number of hydrogen-bond acceptors (Lipinski definition) is 12. The van der Waals surface area contributed by atoms with Gasteiger partial charge < -0.3 is 16.4 Å². The van der Waals surface area contributed by atoms with E-state index in [4.69, 9.17) is 24.1 Å². The zero-order valence-electron chi connectivity index (χ0n) is 11.7. The van der Waals surface area contributed by atoms with E-state index in [0.717, 1.165) is 0 Å². The molecule has 0 saturated carbocycles. The monoisotopic (exact) mass is 670 g/mol. The summed E-state index contributed by atoms with van der Waals surface area (Å²) >= 11 is -9.98. The SMILES string of the molecule is O.O.O.O=C1[O][SbH]23[O]C(=O)C([O]2)C2[O][SbH]4([O]C(=O)C([O]4)C1[O]3)[O]C2=O.[KH].[KH]. The molecule has 4 unspecified atom stereocenters. The van der Waals surface area contributed by atoms with Gasteiger partial charge in [0.05, 0.1) is 0 Å². The zero-order valence-corrected chi connectivity index (χ0v) is 17.4. The maximum atomic E-state index is 11.9. The molecule has 5 aliphatic heterocycles. The van der Waals surface area contributed by atoms with E-state index in [2.05, 4.69) is 0 Å². The first-order chi connectivity index (χ1) is 10.4. The number of hydrogen-bond donors (Lipinski definition) is 0.